The van der Waals surface area contributed by atoms with Crippen molar-refractivity contribution in [3.05, 3.63) is 385 Å². The van der Waals surface area contributed by atoms with E-state index in [2.05, 4.69) is 69.3 Å². The van der Waals surface area contributed by atoms with Crippen molar-refractivity contribution >= 4 is 69.0 Å². The van der Waals surface area contributed by atoms with Gasteiger partial charge in [-0.15, -0.1) is 45.3 Å². The maximum atomic E-state index is 15.6. The first-order chi connectivity index (χ1) is 71.3. The van der Waals surface area contributed by atoms with Crippen LogP contribution in [0.3, 0.4) is 0 Å². The molecule has 4 saturated heterocycles. The molecule has 4 fully saturated rings. The molecular weight excluding hydrogens is 1940 g/mol. The van der Waals surface area contributed by atoms with Crippen LogP contribution in [0.4, 0.5) is 8.78 Å². The van der Waals surface area contributed by atoms with E-state index in [0.29, 0.717) is 76.9 Å². The number of ether oxygens (including phenoxy) is 6. The molecule has 0 bridgehead atoms. The van der Waals surface area contributed by atoms with Crippen LogP contribution < -0.4 is 51.2 Å². The van der Waals surface area contributed by atoms with Crippen LogP contribution >= 0.6 is 45.3 Å². The Hall–Kier alpha value is -16.1. The summed E-state index contributed by atoms with van der Waals surface area (Å²) < 4.78 is 72.1. The first kappa shape index (κ1) is 91.2. The minimum absolute atomic E-state index is 0.0304. The number of carbonyl (C=O) groups excluding carboxylic acids is 4. The lowest BCUT2D eigenvalue weighted by Gasteiger charge is -2.51. The van der Waals surface area contributed by atoms with Crippen molar-refractivity contribution in [2.45, 2.75) is 48.8 Å². The molecule has 0 spiro atoms. The number of nitrogens with zero attached hydrogens (tertiary/aromatic N) is 12. The van der Waals surface area contributed by atoms with Crippen molar-refractivity contribution in [1.29, 1.82) is 0 Å². The summed E-state index contributed by atoms with van der Waals surface area (Å²) in [5.74, 6) is -3.09. The third-order valence-electron chi connectivity index (χ3n) is 29.3. The highest BCUT2D eigenvalue weighted by Gasteiger charge is 2.53. The van der Waals surface area contributed by atoms with E-state index < -0.39 is 93.3 Å². The molecule has 4 aliphatic carbocycles. The van der Waals surface area contributed by atoms with E-state index in [-0.39, 0.29) is 71.5 Å². The highest BCUT2D eigenvalue weighted by Crippen LogP contribution is 2.58. The number of benzene rings is 8. The Kier molecular flexibility index (Phi) is 22.5. The SMILES string of the molecule is COc1ccc2c(c1)-c1ccsc1-c1ccccc1[C@@H]2N1[C@@H]2COCCN2C(=O)c2c(O)c(=O)ccn21.COc1ccc2c(c1)-c1ccsc1-c1ccccc1[C@H]2N1[C@@H]2COCCN2C(=O)c2c(O)c(=O)ccn21.O=C1c2c(O)c(=O)ccn2N([C@@H]2c3ccccc3-c3sccc3-c3c(F)cccc32)[C@@H]2COCCN12.O=C1c2c(O)c(=O)ccn2N([C@H]2c3ccccc3-c3sccc3-c3c(F)cccc32)[C@@H]2COCCN12. The molecule has 8 aliphatic heterocycles. The Morgan fingerprint density at radius 2 is 0.541 bits per heavy atom. The lowest BCUT2D eigenvalue weighted by molar-refractivity contribution is -0.0197. The van der Waals surface area contributed by atoms with Gasteiger partial charge in [0.1, 0.15) is 47.8 Å². The number of halogens is 2. The van der Waals surface area contributed by atoms with Crippen LogP contribution in [0.1, 0.15) is 111 Å². The van der Waals surface area contributed by atoms with E-state index in [1.54, 1.807) is 122 Å². The summed E-state index contributed by atoms with van der Waals surface area (Å²) in [5.41, 5.74) is 15.8. The van der Waals surface area contributed by atoms with Gasteiger partial charge in [0.2, 0.25) is 21.7 Å². The Bertz CT molecular complexity index is 7920. The zero-order valence-corrected chi connectivity index (χ0v) is 81.0. The van der Waals surface area contributed by atoms with Crippen LogP contribution in [0.25, 0.3) is 86.3 Å². The summed E-state index contributed by atoms with van der Waals surface area (Å²) >= 11 is 6.47. The molecule has 12 aliphatic rings. The Morgan fingerprint density at radius 3 is 0.829 bits per heavy atom. The summed E-state index contributed by atoms with van der Waals surface area (Å²) in [6.45, 7) is 3.84. The topological polar surface area (TPSA) is 319 Å². The summed E-state index contributed by atoms with van der Waals surface area (Å²) in [4.78, 5) is 114. The Balaban J connectivity index is 0.000000102. The zero-order valence-electron chi connectivity index (χ0n) is 77.8. The summed E-state index contributed by atoms with van der Waals surface area (Å²) in [7, 11) is 3.31. The number of rotatable bonds is 6. The second-order valence-corrected chi connectivity index (χ2v) is 40.2. The van der Waals surface area contributed by atoms with E-state index >= 15 is 8.78 Å². The van der Waals surface area contributed by atoms with Crippen molar-refractivity contribution in [1.82, 2.24) is 38.3 Å². The van der Waals surface area contributed by atoms with Gasteiger partial charge in [-0.05, 0) is 160 Å². The highest BCUT2D eigenvalue weighted by atomic mass is 32.1. The quantitative estimate of drug-likeness (QED) is 0.120. The summed E-state index contributed by atoms with van der Waals surface area (Å²) in [6.07, 6.45) is 4.20. The molecule has 4 N–H and O–H groups in total. The van der Waals surface area contributed by atoms with Gasteiger partial charge in [0.15, 0.2) is 45.8 Å². The number of thiophene rings is 4. The van der Waals surface area contributed by atoms with E-state index in [0.717, 1.165) is 131 Å². The maximum Gasteiger partial charge on any atom is 0.278 e. The van der Waals surface area contributed by atoms with Gasteiger partial charge in [-0.1, -0.05) is 133 Å². The lowest BCUT2D eigenvalue weighted by Crippen LogP contribution is -2.66. The molecule has 8 aromatic heterocycles. The summed E-state index contributed by atoms with van der Waals surface area (Å²) in [6, 6.07) is 66.0. The third-order valence-corrected chi connectivity index (χ3v) is 33.1. The molecule has 732 valence electrons. The number of amides is 4. The van der Waals surface area contributed by atoms with Crippen LogP contribution in [0, 0.1) is 11.6 Å². The predicted octanol–water partition coefficient (Wildman–Crippen LogP) is 15.5. The monoisotopic (exact) mass is 2030 g/mol. The first-order valence-corrected chi connectivity index (χ1v) is 50.9. The predicted molar refractivity (Wildman–Crippen MR) is 546 cm³/mol. The van der Waals surface area contributed by atoms with Gasteiger partial charge in [0, 0.05) is 128 Å². The van der Waals surface area contributed by atoms with Crippen LogP contribution in [0.5, 0.6) is 34.5 Å². The highest BCUT2D eigenvalue weighted by molar-refractivity contribution is 7.15. The van der Waals surface area contributed by atoms with E-state index in [9.17, 15) is 58.8 Å². The number of hydrogen-bond acceptors (Lipinski definition) is 26. The molecule has 0 saturated carbocycles. The zero-order chi connectivity index (χ0) is 99.6. The molecule has 8 atom stereocenters. The largest absolute Gasteiger partial charge is 0.502 e. The first-order valence-electron chi connectivity index (χ1n) is 47.4. The van der Waals surface area contributed by atoms with Gasteiger partial charge in [-0.2, -0.15) is 0 Å². The molecule has 4 amide bonds. The minimum atomic E-state index is -0.629. The third kappa shape index (κ3) is 14.1. The molecule has 30 nitrogen and oxygen atoms in total. The van der Waals surface area contributed by atoms with Crippen molar-refractivity contribution in [3.63, 3.8) is 0 Å². The molecule has 0 unspecified atom stereocenters. The average Bonchev–Trinajstić information content (AvgIpc) is 1.26. The standard InChI is InChI=1S/2C28H23N3O5S.2C27H20FN3O4S/c2*1-35-16-6-7-18-21(14-16)20-9-13-37-27(20)19-5-3-2-4-17(19)24(18)31-23-15-36-12-11-29(23)28(34)25-26(33)22(32)8-10-30(25)31;2*28-19-7-3-6-17-22(19)18-9-13-36-26(18)16-5-2-1-4-15(16)23(17)31-21-14-35-12-11-29(21)27(34)24-25(33)20(32)8-10-30(24)31/h2*2-10,13-14,23-24,33H,11-12,15H2,1H3;2*1-10,13,21,23,33H,11-12,14H2/t23-,24+;23-,24-;21-,23+;21-,23-/m1111/s1. The number of morpholine rings is 4. The minimum Gasteiger partial charge on any atom is -0.502 e. The fourth-order valence-corrected chi connectivity index (χ4v) is 26.8. The van der Waals surface area contributed by atoms with E-state index in [1.807, 2.05) is 142 Å². The number of pyridine rings is 4. The van der Waals surface area contributed by atoms with Crippen molar-refractivity contribution < 1.29 is 76.8 Å². The smallest absolute Gasteiger partial charge is 0.278 e. The number of hydrogen-bond donors (Lipinski definition) is 4. The van der Waals surface area contributed by atoms with E-state index in [1.165, 1.54) is 48.8 Å². The summed E-state index contributed by atoms with van der Waals surface area (Å²) in [5, 5.41) is 59.1. The fourth-order valence-electron chi connectivity index (χ4n) is 23.0. The maximum absolute atomic E-state index is 15.6. The van der Waals surface area contributed by atoms with E-state index in [4.69, 9.17) is 28.4 Å². The number of aromatic hydroxyl groups is 4. The van der Waals surface area contributed by atoms with Crippen LogP contribution in [-0.2, 0) is 18.9 Å². The molecule has 16 aromatic rings. The molecule has 146 heavy (non-hydrogen) atoms. The molecule has 8 aromatic carbocycles. The Labute approximate surface area is 845 Å². The van der Waals surface area contributed by atoms with Crippen LogP contribution in [0.15, 0.2) is 284 Å². The molecule has 0 radical (unpaired) electrons. The van der Waals surface area contributed by atoms with Gasteiger partial charge in [-0.3, -0.25) is 77.1 Å². The second kappa shape index (κ2) is 36.1. The van der Waals surface area contributed by atoms with Gasteiger partial charge in [-0.25, -0.2) is 8.78 Å². The number of methoxy groups -OCH3 is 2. The van der Waals surface area contributed by atoms with Crippen LogP contribution in [0.2, 0.25) is 0 Å². The molecule has 16 heterocycles. The molecular formula is C110H86F2N12O18S4. The second-order valence-electron chi connectivity index (χ2n) is 36.6. The van der Waals surface area contributed by atoms with Gasteiger partial charge >= 0.3 is 0 Å². The average molecular weight is 2030 g/mol. The number of aromatic nitrogens is 4. The fraction of sp³-hybridized carbons (Fsp3) is 0.200. The van der Waals surface area contributed by atoms with Crippen molar-refractivity contribution in [2.75, 3.05) is 113 Å². The Morgan fingerprint density at radius 1 is 0.288 bits per heavy atom. The van der Waals surface area contributed by atoms with Crippen molar-refractivity contribution in [3.8, 4) is 121 Å². The lowest BCUT2D eigenvalue weighted by atomic mass is 9.92. The molecule has 28 rings (SSSR count). The molecule has 36 heteroatoms. The van der Waals surface area contributed by atoms with Gasteiger partial charge < -0.3 is 68.4 Å². The normalized spacial score (nSPS) is 19.9. The van der Waals surface area contributed by atoms with Crippen molar-refractivity contribution in [2.24, 2.45) is 0 Å². The number of fused-ring (bicyclic) bond motifs is 28. The van der Waals surface area contributed by atoms with Gasteiger partial charge in [0.25, 0.3) is 23.6 Å². The van der Waals surface area contributed by atoms with Crippen LogP contribution in [-0.4, -0.2) is 200 Å². The van der Waals surface area contributed by atoms with Gasteiger partial charge in [0.05, 0.1) is 91.2 Å². The number of carbonyl (C=O) groups is 4.